The molecule has 0 radical (unpaired) electrons. The highest BCUT2D eigenvalue weighted by atomic mass is 32.1. The molecular formula is C38H42N10O4S2. The van der Waals surface area contributed by atoms with Gasteiger partial charge < -0.3 is 35.5 Å². The summed E-state index contributed by atoms with van der Waals surface area (Å²) in [6.45, 7) is 11.3. The lowest BCUT2D eigenvalue weighted by molar-refractivity contribution is 0.0519. The van der Waals surface area contributed by atoms with Crippen LogP contribution in [0.1, 0.15) is 38.0 Å². The van der Waals surface area contributed by atoms with Crippen molar-refractivity contribution < 1.29 is 19.0 Å². The fraction of sp³-hybridized carbons (Fsp3) is 0.289. The van der Waals surface area contributed by atoms with E-state index in [1.54, 1.807) is 30.4 Å². The van der Waals surface area contributed by atoms with E-state index in [1.165, 1.54) is 11.3 Å². The molecule has 6 rings (SSSR count). The van der Waals surface area contributed by atoms with E-state index in [9.17, 15) is 4.79 Å². The van der Waals surface area contributed by atoms with Gasteiger partial charge in [0.1, 0.15) is 42.1 Å². The van der Waals surface area contributed by atoms with E-state index in [1.807, 2.05) is 58.3 Å². The summed E-state index contributed by atoms with van der Waals surface area (Å²) in [4.78, 5) is 40.7. The number of rotatable bonds is 16. The van der Waals surface area contributed by atoms with Crippen LogP contribution in [0.15, 0.2) is 79.1 Å². The molecule has 0 saturated heterocycles. The lowest BCUT2D eigenvalue weighted by atomic mass is 10.1. The van der Waals surface area contributed by atoms with E-state index in [4.69, 9.17) is 14.2 Å². The first-order chi connectivity index (χ1) is 26.0. The minimum absolute atomic E-state index is 0.225. The lowest BCUT2D eigenvalue weighted by Crippen LogP contribution is -2.34. The van der Waals surface area contributed by atoms with Crippen LogP contribution in [-0.2, 0) is 11.3 Å². The predicted octanol–water partition coefficient (Wildman–Crippen LogP) is 7.69. The number of aryl methyl sites for hydroxylation is 2. The average molecular weight is 767 g/mol. The van der Waals surface area contributed by atoms with Gasteiger partial charge in [-0.15, -0.1) is 0 Å². The molecule has 0 saturated carbocycles. The zero-order chi connectivity index (χ0) is 37.9. The summed E-state index contributed by atoms with van der Waals surface area (Å²) in [6, 6.07) is 22.0. The zero-order valence-corrected chi connectivity index (χ0v) is 32.3. The van der Waals surface area contributed by atoms with Gasteiger partial charge in [-0.25, -0.2) is 24.7 Å². The molecule has 54 heavy (non-hydrogen) atoms. The number of aromatic nitrogens is 6. The number of nitrogens with one attached hydrogen (secondary N) is 4. The molecule has 4 heterocycles. The van der Waals surface area contributed by atoms with Crippen LogP contribution >= 0.6 is 22.7 Å². The van der Waals surface area contributed by atoms with Crippen molar-refractivity contribution in [2.24, 2.45) is 0 Å². The van der Waals surface area contributed by atoms with Gasteiger partial charge in [-0.1, -0.05) is 77.3 Å². The first-order valence-electron chi connectivity index (χ1n) is 17.3. The second-order valence-electron chi connectivity index (χ2n) is 13.0. The second kappa shape index (κ2) is 17.9. The van der Waals surface area contributed by atoms with Gasteiger partial charge in [-0.3, -0.25) is 0 Å². The summed E-state index contributed by atoms with van der Waals surface area (Å²) in [5, 5.41) is 14.1. The normalized spacial score (nSPS) is 11.2. The molecule has 0 spiro atoms. The number of hydrogen-bond acceptors (Lipinski definition) is 15. The number of ether oxygens (including phenoxy) is 3. The van der Waals surface area contributed by atoms with Gasteiger partial charge in [0.25, 0.3) is 0 Å². The highest BCUT2D eigenvalue weighted by Crippen LogP contribution is 2.32. The standard InChI is InChI=1S/C38H42N10O4S2/c1-24-43-31(47-35-41-22-29(53-35)27-9-7-6-8-10-27)19-33(45-24)50-17-15-39-21-26-11-13-28(14-12-26)30-23-42-36(54-30)48-32-20-34(46-25(2)44-32)51-18-16-40-37(49)52-38(3,4)5/h6-14,19-20,22-23,39H,15-18,21H2,1-5H3,(H,40,49)(H,41,43,45,47)(H,42,44,46,48). The molecule has 0 atom stereocenters. The van der Waals surface area contributed by atoms with Crippen molar-refractivity contribution in [3.05, 3.63) is 96.3 Å². The molecule has 0 aliphatic carbocycles. The van der Waals surface area contributed by atoms with Gasteiger partial charge in [0, 0.05) is 37.6 Å². The van der Waals surface area contributed by atoms with E-state index in [2.05, 4.69) is 87.6 Å². The van der Waals surface area contributed by atoms with Crippen LogP contribution in [0.3, 0.4) is 0 Å². The molecule has 0 fully saturated rings. The summed E-state index contributed by atoms with van der Waals surface area (Å²) in [5.74, 6) is 3.23. The van der Waals surface area contributed by atoms with E-state index < -0.39 is 11.7 Å². The molecule has 1 amide bonds. The van der Waals surface area contributed by atoms with Crippen molar-refractivity contribution in [3.8, 4) is 32.6 Å². The fourth-order valence-electron chi connectivity index (χ4n) is 4.98. The molecule has 0 unspecified atom stereocenters. The second-order valence-corrected chi connectivity index (χ2v) is 15.0. The molecule has 4 aromatic heterocycles. The Morgan fingerprint density at radius 3 is 1.80 bits per heavy atom. The molecule has 4 N–H and O–H groups in total. The van der Waals surface area contributed by atoms with Crippen LogP contribution in [0.2, 0.25) is 0 Å². The summed E-state index contributed by atoms with van der Waals surface area (Å²) < 4.78 is 16.9. The van der Waals surface area contributed by atoms with Crippen LogP contribution in [0.4, 0.5) is 26.7 Å². The van der Waals surface area contributed by atoms with Crippen LogP contribution in [0.25, 0.3) is 20.9 Å². The molecule has 0 aliphatic heterocycles. The van der Waals surface area contributed by atoms with Gasteiger partial charge in [-0.05, 0) is 51.3 Å². The third-order valence-corrected chi connectivity index (χ3v) is 9.21. The lowest BCUT2D eigenvalue weighted by Gasteiger charge is -2.19. The average Bonchev–Trinajstić information content (AvgIpc) is 3.79. The number of alkyl carbamates (subject to hydrolysis) is 1. The van der Waals surface area contributed by atoms with E-state index in [0.717, 1.165) is 31.6 Å². The minimum atomic E-state index is -0.564. The minimum Gasteiger partial charge on any atom is -0.476 e. The number of nitrogens with zero attached hydrogens (tertiary/aromatic N) is 6. The van der Waals surface area contributed by atoms with Crippen molar-refractivity contribution in [1.29, 1.82) is 0 Å². The molecule has 16 heteroatoms. The monoisotopic (exact) mass is 766 g/mol. The Bertz CT molecular complexity index is 2140. The fourth-order valence-corrected chi connectivity index (χ4v) is 6.64. The summed E-state index contributed by atoms with van der Waals surface area (Å²) >= 11 is 3.08. The number of carbonyl (C=O) groups excluding carboxylic acids is 1. The predicted molar refractivity (Wildman–Crippen MR) is 212 cm³/mol. The Hall–Kier alpha value is -5.71. The molecular weight excluding hydrogens is 725 g/mol. The molecule has 0 bridgehead atoms. The van der Waals surface area contributed by atoms with E-state index in [-0.39, 0.29) is 13.2 Å². The quantitative estimate of drug-likeness (QED) is 0.0708. The van der Waals surface area contributed by atoms with Crippen LogP contribution in [0, 0.1) is 13.8 Å². The van der Waals surface area contributed by atoms with Gasteiger partial charge in [0.2, 0.25) is 11.8 Å². The highest BCUT2D eigenvalue weighted by Gasteiger charge is 2.16. The molecule has 6 aromatic rings. The molecule has 2 aromatic carbocycles. The summed E-state index contributed by atoms with van der Waals surface area (Å²) in [6.07, 6.45) is 3.19. The maximum atomic E-state index is 11.8. The molecule has 0 aliphatic rings. The topological polar surface area (TPSA) is 170 Å². The number of anilines is 4. The number of benzene rings is 2. The first-order valence-corrected chi connectivity index (χ1v) is 18.9. The van der Waals surface area contributed by atoms with Crippen molar-refractivity contribution in [1.82, 2.24) is 40.5 Å². The van der Waals surface area contributed by atoms with Gasteiger partial charge in [0.15, 0.2) is 10.3 Å². The third-order valence-electron chi connectivity index (χ3n) is 7.29. The first kappa shape index (κ1) is 38.0. The Labute approximate surface area is 321 Å². The van der Waals surface area contributed by atoms with Crippen LogP contribution in [0.5, 0.6) is 11.8 Å². The van der Waals surface area contributed by atoms with Crippen LogP contribution < -0.4 is 30.7 Å². The maximum Gasteiger partial charge on any atom is 0.407 e. The van der Waals surface area contributed by atoms with Gasteiger partial charge in [-0.2, -0.15) is 9.97 Å². The van der Waals surface area contributed by atoms with Crippen LogP contribution in [-0.4, -0.2) is 67.9 Å². The number of amides is 1. The van der Waals surface area contributed by atoms with Crippen molar-refractivity contribution >= 4 is 50.7 Å². The zero-order valence-electron chi connectivity index (χ0n) is 30.7. The Morgan fingerprint density at radius 1 is 0.704 bits per heavy atom. The summed E-state index contributed by atoms with van der Waals surface area (Å²) in [5.41, 5.74) is 2.77. The Balaban J connectivity index is 0.927. The van der Waals surface area contributed by atoms with E-state index in [0.29, 0.717) is 59.9 Å². The SMILES string of the molecule is Cc1nc(Nc2ncc(-c3ccccc3)s2)cc(OCCNCc2ccc(-c3cnc(Nc4cc(OCCNC(=O)OC(C)(C)C)nc(C)n4)s3)cc2)n1. The number of thiazole rings is 2. The largest absolute Gasteiger partial charge is 0.476 e. The third kappa shape index (κ3) is 11.6. The Kier molecular flexibility index (Phi) is 12.6. The molecule has 14 nitrogen and oxygen atoms in total. The van der Waals surface area contributed by atoms with Crippen molar-refractivity contribution in [2.45, 2.75) is 46.8 Å². The van der Waals surface area contributed by atoms with Crippen molar-refractivity contribution in [2.75, 3.05) is 36.9 Å². The van der Waals surface area contributed by atoms with Crippen molar-refractivity contribution in [3.63, 3.8) is 0 Å². The Morgan fingerprint density at radius 2 is 1.24 bits per heavy atom. The van der Waals surface area contributed by atoms with Gasteiger partial charge in [0.05, 0.1) is 16.3 Å². The smallest absolute Gasteiger partial charge is 0.407 e. The van der Waals surface area contributed by atoms with Gasteiger partial charge >= 0.3 is 6.09 Å². The van der Waals surface area contributed by atoms with E-state index >= 15 is 0 Å². The summed E-state index contributed by atoms with van der Waals surface area (Å²) in [7, 11) is 0. The number of carbonyl (C=O) groups is 1. The molecule has 280 valence electrons. The highest BCUT2D eigenvalue weighted by molar-refractivity contribution is 7.19. The number of hydrogen-bond donors (Lipinski definition) is 4. The maximum absolute atomic E-state index is 11.8.